The van der Waals surface area contributed by atoms with E-state index in [1.807, 2.05) is 30.5 Å². The Bertz CT molecular complexity index is 566. The van der Waals surface area contributed by atoms with Crippen molar-refractivity contribution < 1.29 is 4.79 Å². The van der Waals surface area contributed by atoms with Gasteiger partial charge in [0.05, 0.1) is 6.04 Å². The van der Waals surface area contributed by atoms with Crippen molar-refractivity contribution in [2.24, 2.45) is 0 Å². The summed E-state index contributed by atoms with van der Waals surface area (Å²) < 4.78 is 0. The number of hydrogen-bond acceptors (Lipinski definition) is 4. The Kier molecular flexibility index (Phi) is 4.16. The molecule has 2 N–H and O–H groups in total. The number of carbonyl (C=O) groups is 1. The van der Waals surface area contributed by atoms with Gasteiger partial charge in [0.25, 0.3) is 5.91 Å². The van der Waals surface area contributed by atoms with Crippen molar-refractivity contribution in [3.05, 3.63) is 45.9 Å². The number of aromatic nitrogens is 1. The highest BCUT2D eigenvalue weighted by Crippen LogP contribution is 2.25. The lowest BCUT2D eigenvalue weighted by atomic mass is 10.1. The number of hydrogen-bond donors (Lipinski definition) is 2. The molecule has 0 saturated carbocycles. The molecule has 1 amide bonds. The normalized spacial score (nSPS) is 11.9. The monoisotopic (exact) mass is 275 g/mol. The molecule has 0 spiro atoms. The number of rotatable bonds is 4. The summed E-state index contributed by atoms with van der Waals surface area (Å²) in [6.45, 7) is 4.01. The topological polar surface area (TPSA) is 54.0 Å². The number of benzene rings is 1. The first-order valence-electron chi connectivity index (χ1n) is 6.11. The van der Waals surface area contributed by atoms with Gasteiger partial charge < -0.3 is 10.6 Å². The summed E-state index contributed by atoms with van der Waals surface area (Å²) in [7, 11) is 1.64. The largest absolute Gasteiger partial charge is 0.376 e. The maximum Gasteiger partial charge on any atom is 0.251 e. The van der Waals surface area contributed by atoms with Crippen molar-refractivity contribution >= 4 is 22.9 Å². The predicted molar refractivity (Wildman–Crippen MR) is 78.7 cm³/mol. The van der Waals surface area contributed by atoms with Gasteiger partial charge >= 0.3 is 0 Å². The van der Waals surface area contributed by atoms with Gasteiger partial charge in [-0.25, -0.2) is 4.98 Å². The van der Waals surface area contributed by atoms with Crippen LogP contribution < -0.4 is 10.6 Å². The standard InChI is InChI=1S/C14H17N3OS/c1-9-11(13(18)15-3)5-4-6-12(9)17-10(2)14-16-7-8-19-14/h4-8,10,17H,1-3H3,(H,15,18). The first-order valence-corrected chi connectivity index (χ1v) is 6.99. The summed E-state index contributed by atoms with van der Waals surface area (Å²) in [6.07, 6.45) is 1.80. The van der Waals surface area contributed by atoms with Gasteiger partial charge in [-0.1, -0.05) is 6.07 Å². The van der Waals surface area contributed by atoms with Crippen LogP contribution in [0.5, 0.6) is 0 Å². The molecule has 1 atom stereocenters. The van der Waals surface area contributed by atoms with Crippen LogP contribution in [0, 0.1) is 6.92 Å². The Morgan fingerprint density at radius 1 is 1.42 bits per heavy atom. The molecule has 1 aromatic carbocycles. The molecule has 1 unspecified atom stereocenters. The second-order valence-electron chi connectivity index (χ2n) is 4.29. The van der Waals surface area contributed by atoms with E-state index in [1.54, 1.807) is 24.6 Å². The van der Waals surface area contributed by atoms with Crippen LogP contribution in [0.4, 0.5) is 5.69 Å². The Morgan fingerprint density at radius 2 is 2.21 bits per heavy atom. The summed E-state index contributed by atoms with van der Waals surface area (Å²) >= 11 is 1.62. The zero-order valence-electron chi connectivity index (χ0n) is 11.2. The molecule has 0 aliphatic heterocycles. The summed E-state index contributed by atoms with van der Waals surface area (Å²) in [5.74, 6) is -0.0666. The number of thiazole rings is 1. The van der Waals surface area contributed by atoms with Gasteiger partial charge in [-0.3, -0.25) is 4.79 Å². The quantitative estimate of drug-likeness (QED) is 0.902. The van der Waals surface area contributed by atoms with Crippen molar-refractivity contribution in [2.75, 3.05) is 12.4 Å². The van der Waals surface area contributed by atoms with Gasteiger partial charge in [-0.15, -0.1) is 11.3 Å². The van der Waals surface area contributed by atoms with Crippen molar-refractivity contribution in [3.8, 4) is 0 Å². The minimum absolute atomic E-state index is 0.0666. The summed E-state index contributed by atoms with van der Waals surface area (Å²) in [5, 5.41) is 9.04. The van der Waals surface area contributed by atoms with Gasteiger partial charge in [-0.2, -0.15) is 0 Å². The van der Waals surface area contributed by atoms with Crippen LogP contribution in [-0.2, 0) is 0 Å². The Morgan fingerprint density at radius 3 is 2.84 bits per heavy atom. The summed E-state index contributed by atoms with van der Waals surface area (Å²) in [5.41, 5.74) is 2.60. The molecular formula is C14H17N3OS. The Balaban J connectivity index is 2.24. The highest BCUT2D eigenvalue weighted by atomic mass is 32.1. The molecule has 0 bridgehead atoms. The molecule has 5 heteroatoms. The van der Waals surface area contributed by atoms with Gasteiger partial charge in [0.15, 0.2) is 0 Å². The zero-order valence-corrected chi connectivity index (χ0v) is 12.0. The van der Waals surface area contributed by atoms with Gasteiger partial charge in [0, 0.05) is 29.9 Å². The highest BCUT2D eigenvalue weighted by Gasteiger charge is 2.13. The lowest BCUT2D eigenvalue weighted by Crippen LogP contribution is -2.19. The molecule has 0 aliphatic carbocycles. The Labute approximate surface area is 116 Å². The summed E-state index contributed by atoms with van der Waals surface area (Å²) in [4.78, 5) is 16.0. The molecule has 0 saturated heterocycles. The molecule has 19 heavy (non-hydrogen) atoms. The third-order valence-electron chi connectivity index (χ3n) is 3.00. The third kappa shape index (κ3) is 2.93. The van der Waals surface area contributed by atoms with Crippen molar-refractivity contribution in [1.82, 2.24) is 10.3 Å². The smallest absolute Gasteiger partial charge is 0.251 e. The molecule has 0 aliphatic rings. The van der Waals surface area contributed by atoms with Gasteiger partial charge in [0.2, 0.25) is 0 Å². The second kappa shape index (κ2) is 5.84. The maximum absolute atomic E-state index is 11.8. The van der Waals surface area contributed by atoms with Gasteiger partial charge in [0.1, 0.15) is 5.01 Å². The van der Waals surface area contributed by atoms with E-state index in [0.717, 1.165) is 16.3 Å². The molecule has 0 fully saturated rings. The van der Waals surface area contributed by atoms with Crippen LogP contribution in [0.15, 0.2) is 29.8 Å². The van der Waals surface area contributed by atoms with Crippen molar-refractivity contribution in [2.45, 2.75) is 19.9 Å². The molecule has 2 rings (SSSR count). The van der Waals surface area contributed by atoms with Crippen LogP contribution >= 0.6 is 11.3 Å². The van der Waals surface area contributed by atoms with Crippen molar-refractivity contribution in [3.63, 3.8) is 0 Å². The van der Waals surface area contributed by atoms with Crippen LogP contribution in [0.3, 0.4) is 0 Å². The van der Waals surface area contributed by atoms with E-state index in [1.165, 1.54) is 0 Å². The average Bonchev–Trinajstić information content (AvgIpc) is 2.94. The molecule has 0 radical (unpaired) electrons. The lowest BCUT2D eigenvalue weighted by molar-refractivity contribution is 0.0962. The molecule has 2 aromatic rings. The predicted octanol–water partition coefficient (Wildman–Crippen LogP) is 2.98. The molecular weight excluding hydrogens is 258 g/mol. The average molecular weight is 275 g/mol. The first-order chi connectivity index (χ1) is 9.13. The molecule has 1 heterocycles. The minimum atomic E-state index is -0.0666. The summed E-state index contributed by atoms with van der Waals surface area (Å²) in [6, 6.07) is 5.81. The fourth-order valence-electron chi connectivity index (χ4n) is 1.92. The Hall–Kier alpha value is -1.88. The SMILES string of the molecule is CNC(=O)c1cccc(NC(C)c2nccs2)c1C. The fraction of sp³-hybridized carbons (Fsp3) is 0.286. The van der Waals surface area contributed by atoms with Crippen LogP contribution in [0.25, 0.3) is 0 Å². The third-order valence-corrected chi connectivity index (χ3v) is 3.96. The number of nitrogens with one attached hydrogen (secondary N) is 2. The zero-order chi connectivity index (χ0) is 13.8. The van der Waals surface area contributed by atoms with E-state index < -0.39 is 0 Å². The van der Waals surface area contributed by atoms with E-state index in [4.69, 9.17) is 0 Å². The molecule has 100 valence electrons. The number of nitrogens with zero attached hydrogens (tertiary/aromatic N) is 1. The van der Waals surface area contributed by atoms with E-state index in [0.29, 0.717) is 5.56 Å². The van der Waals surface area contributed by atoms with Crippen LogP contribution in [-0.4, -0.2) is 17.9 Å². The first kappa shape index (κ1) is 13.5. The van der Waals surface area contributed by atoms with E-state index in [-0.39, 0.29) is 11.9 Å². The molecule has 1 aromatic heterocycles. The van der Waals surface area contributed by atoms with Crippen molar-refractivity contribution in [1.29, 1.82) is 0 Å². The van der Waals surface area contributed by atoms with E-state index in [2.05, 4.69) is 22.5 Å². The fourth-order valence-corrected chi connectivity index (χ4v) is 2.56. The van der Waals surface area contributed by atoms with Crippen LogP contribution in [0.2, 0.25) is 0 Å². The van der Waals surface area contributed by atoms with E-state index in [9.17, 15) is 4.79 Å². The van der Waals surface area contributed by atoms with E-state index >= 15 is 0 Å². The number of anilines is 1. The maximum atomic E-state index is 11.8. The number of amides is 1. The van der Waals surface area contributed by atoms with Gasteiger partial charge in [-0.05, 0) is 31.5 Å². The molecule has 4 nitrogen and oxygen atoms in total. The second-order valence-corrected chi connectivity index (χ2v) is 5.22. The minimum Gasteiger partial charge on any atom is -0.376 e. The highest BCUT2D eigenvalue weighted by molar-refractivity contribution is 7.09. The lowest BCUT2D eigenvalue weighted by Gasteiger charge is -2.16. The van der Waals surface area contributed by atoms with Crippen LogP contribution in [0.1, 0.15) is 33.9 Å². The number of carbonyl (C=O) groups excluding carboxylic acids is 1.